The van der Waals surface area contributed by atoms with Crippen molar-refractivity contribution in [2.24, 2.45) is 0 Å². The van der Waals surface area contributed by atoms with Gasteiger partial charge in [0.25, 0.3) is 0 Å². The number of carbonyl (C=O) groups excluding carboxylic acids is 1. The van der Waals surface area contributed by atoms with E-state index in [0.29, 0.717) is 0 Å². The first-order valence-corrected chi connectivity index (χ1v) is 4.97. The van der Waals surface area contributed by atoms with E-state index in [4.69, 9.17) is 16.3 Å². The minimum Gasteiger partial charge on any atom is -0.495 e. The van der Waals surface area contributed by atoms with Gasteiger partial charge in [0.15, 0.2) is 0 Å². The number of hydrogen-bond acceptors (Lipinski definition) is 2. The molecule has 0 aliphatic rings. The summed E-state index contributed by atoms with van der Waals surface area (Å²) in [5, 5.41) is 1.85. The van der Waals surface area contributed by atoms with Crippen LogP contribution in [0.4, 0.5) is 23.2 Å². The second-order valence-electron chi connectivity index (χ2n) is 3.23. The Labute approximate surface area is 105 Å². The summed E-state index contributed by atoms with van der Waals surface area (Å²) >= 11 is 5.67. The highest BCUT2D eigenvalue weighted by atomic mass is 35.5. The van der Waals surface area contributed by atoms with Crippen LogP contribution in [0.2, 0.25) is 5.02 Å². The van der Waals surface area contributed by atoms with E-state index < -0.39 is 18.3 Å². The topological polar surface area (TPSA) is 38.3 Å². The summed E-state index contributed by atoms with van der Waals surface area (Å²) in [6.45, 7) is 0. The number of anilines is 1. The van der Waals surface area contributed by atoms with Crippen LogP contribution in [-0.2, 0) is 4.79 Å². The quantitative estimate of drug-likeness (QED) is 0.863. The van der Waals surface area contributed by atoms with Crippen molar-refractivity contribution < 1.29 is 27.1 Å². The molecule has 1 N–H and O–H groups in total. The van der Waals surface area contributed by atoms with Gasteiger partial charge in [0.1, 0.15) is 5.75 Å². The Morgan fingerprint density at radius 2 is 2.06 bits per heavy atom. The number of ether oxygens (including phenoxy) is 1. The summed E-state index contributed by atoms with van der Waals surface area (Å²) in [6, 6.07) is 3.60. The van der Waals surface area contributed by atoms with Crippen molar-refractivity contribution in [3.63, 3.8) is 0 Å². The molecule has 0 heterocycles. The molecule has 1 aromatic rings. The molecule has 8 heteroatoms. The molecule has 0 unspecified atom stereocenters. The number of nitrogens with one attached hydrogen (secondary N) is 1. The van der Waals surface area contributed by atoms with Crippen molar-refractivity contribution in [1.82, 2.24) is 0 Å². The minimum absolute atomic E-state index is 0.120. The first-order chi connectivity index (χ1) is 8.28. The van der Waals surface area contributed by atoms with Crippen LogP contribution < -0.4 is 10.1 Å². The van der Waals surface area contributed by atoms with Gasteiger partial charge >= 0.3 is 18.3 Å². The fourth-order valence-electron chi connectivity index (χ4n) is 1.05. The molecule has 1 amide bonds. The van der Waals surface area contributed by atoms with Gasteiger partial charge in [-0.2, -0.15) is 8.78 Å². The summed E-state index contributed by atoms with van der Waals surface area (Å²) in [4.78, 5) is 10.9. The van der Waals surface area contributed by atoms with Crippen molar-refractivity contribution in [2.45, 2.75) is 12.3 Å². The van der Waals surface area contributed by atoms with Crippen LogP contribution in [0.25, 0.3) is 0 Å². The van der Waals surface area contributed by atoms with E-state index in [0.717, 1.165) is 6.07 Å². The fourth-order valence-corrected chi connectivity index (χ4v) is 1.25. The van der Waals surface area contributed by atoms with Crippen LogP contribution in [0, 0.1) is 0 Å². The van der Waals surface area contributed by atoms with Crippen LogP contribution >= 0.6 is 11.6 Å². The second kappa shape index (κ2) is 5.43. The summed E-state index contributed by atoms with van der Waals surface area (Å²) in [5.74, 6) is -6.73. The molecule has 0 saturated carbocycles. The highest BCUT2D eigenvalue weighted by molar-refractivity contribution is 6.32. The smallest absolute Gasteiger partial charge is 0.383 e. The monoisotopic (exact) mass is 285 g/mol. The molecule has 1 aromatic carbocycles. The summed E-state index contributed by atoms with van der Waals surface area (Å²) in [5.41, 5.74) is -0.124. The zero-order chi connectivity index (χ0) is 13.9. The van der Waals surface area contributed by atoms with Gasteiger partial charge in [-0.15, -0.1) is 0 Å². The predicted octanol–water partition coefficient (Wildman–Crippen LogP) is 3.19. The highest BCUT2D eigenvalue weighted by Gasteiger charge is 2.48. The SMILES string of the molecule is COc1cc(NC(=O)C(F)(F)C(F)F)ccc1Cl. The van der Waals surface area contributed by atoms with E-state index in [2.05, 4.69) is 0 Å². The molecule has 0 aromatic heterocycles. The third-order valence-electron chi connectivity index (χ3n) is 1.99. The lowest BCUT2D eigenvalue weighted by atomic mass is 10.2. The molecule has 100 valence electrons. The van der Waals surface area contributed by atoms with Crippen molar-refractivity contribution in [3.05, 3.63) is 23.2 Å². The summed E-state index contributed by atoms with van der Waals surface area (Å²) < 4.78 is 54.0. The predicted molar refractivity (Wildman–Crippen MR) is 57.6 cm³/mol. The molecule has 0 spiro atoms. The van der Waals surface area contributed by atoms with Gasteiger partial charge in [-0.25, -0.2) is 8.78 Å². The van der Waals surface area contributed by atoms with E-state index in [1.807, 2.05) is 0 Å². The normalized spacial score (nSPS) is 11.5. The number of rotatable bonds is 4. The summed E-state index contributed by atoms with van der Waals surface area (Å²) in [7, 11) is 1.28. The standard InChI is InChI=1S/C10H8ClF4NO2/c1-18-7-4-5(2-3-6(7)11)16-9(17)10(14,15)8(12)13/h2-4,8H,1H3,(H,16,17). The maximum Gasteiger partial charge on any atom is 0.383 e. The third kappa shape index (κ3) is 3.04. The molecule has 1 rings (SSSR count). The molecule has 0 aliphatic carbocycles. The second-order valence-corrected chi connectivity index (χ2v) is 3.63. The maximum absolute atomic E-state index is 12.7. The largest absolute Gasteiger partial charge is 0.495 e. The van der Waals surface area contributed by atoms with Crippen molar-refractivity contribution in [3.8, 4) is 5.75 Å². The van der Waals surface area contributed by atoms with Crippen LogP contribution in [0.15, 0.2) is 18.2 Å². The Hall–Kier alpha value is -1.50. The van der Waals surface area contributed by atoms with Gasteiger partial charge in [-0.05, 0) is 12.1 Å². The molecule has 0 fully saturated rings. The van der Waals surface area contributed by atoms with E-state index >= 15 is 0 Å². The van der Waals surface area contributed by atoms with E-state index in [1.54, 1.807) is 5.32 Å². The molecule has 0 atom stereocenters. The van der Waals surface area contributed by atoms with E-state index in [1.165, 1.54) is 19.2 Å². The van der Waals surface area contributed by atoms with Crippen LogP contribution in [0.5, 0.6) is 5.75 Å². The average molecular weight is 286 g/mol. The minimum atomic E-state index is -4.76. The van der Waals surface area contributed by atoms with Gasteiger partial charge < -0.3 is 10.1 Å². The number of benzene rings is 1. The van der Waals surface area contributed by atoms with Gasteiger partial charge in [0.2, 0.25) is 0 Å². The van der Waals surface area contributed by atoms with Crippen LogP contribution in [-0.4, -0.2) is 25.4 Å². The Morgan fingerprint density at radius 1 is 1.44 bits per heavy atom. The number of halogens is 5. The summed E-state index contributed by atoms with van der Waals surface area (Å²) in [6.07, 6.45) is -4.08. The van der Waals surface area contributed by atoms with Gasteiger partial charge in [0.05, 0.1) is 12.1 Å². The lowest BCUT2D eigenvalue weighted by molar-refractivity contribution is -0.163. The highest BCUT2D eigenvalue weighted by Crippen LogP contribution is 2.29. The third-order valence-corrected chi connectivity index (χ3v) is 2.30. The lowest BCUT2D eigenvalue weighted by Gasteiger charge is -2.15. The Balaban J connectivity index is 2.89. The molecule has 0 radical (unpaired) electrons. The zero-order valence-corrected chi connectivity index (χ0v) is 9.77. The molecular weight excluding hydrogens is 278 g/mol. The number of hydrogen-bond donors (Lipinski definition) is 1. The van der Waals surface area contributed by atoms with Crippen molar-refractivity contribution in [1.29, 1.82) is 0 Å². The first kappa shape index (κ1) is 14.6. The van der Waals surface area contributed by atoms with E-state index in [9.17, 15) is 22.4 Å². The number of methoxy groups -OCH3 is 1. The fraction of sp³-hybridized carbons (Fsp3) is 0.300. The molecule has 0 aliphatic heterocycles. The van der Waals surface area contributed by atoms with E-state index in [-0.39, 0.29) is 16.5 Å². The number of amides is 1. The number of alkyl halides is 4. The van der Waals surface area contributed by atoms with Crippen molar-refractivity contribution >= 4 is 23.2 Å². The lowest BCUT2D eigenvalue weighted by Crippen LogP contribution is -2.40. The van der Waals surface area contributed by atoms with Crippen LogP contribution in [0.3, 0.4) is 0 Å². The van der Waals surface area contributed by atoms with Gasteiger partial charge in [0, 0.05) is 11.8 Å². The van der Waals surface area contributed by atoms with Crippen molar-refractivity contribution in [2.75, 3.05) is 12.4 Å². The Bertz CT molecular complexity index is 454. The Kier molecular flexibility index (Phi) is 4.39. The molecule has 18 heavy (non-hydrogen) atoms. The number of carbonyl (C=O) groups is 1. The first-order valence-electron chi connectivity index (χ1n) is 4.60. The maximum atomic E-state index is 12.7. The van der Waals surface area contributed by atoms with Crippen LogP contribution in [0.1, 0.15) is 0 Å². The zero-order valence-electron chi connectivity index (χ0n) is 9.02. The Morgan fingerprint density at radius 3 is 2.56 bits per heavy atom. The van der Waals surface area contributed by atoms with Gasteiger partial charge in [-0.1, -0.05) is 11.6 Å². The molecule has 0 saturated heterocycles. The molecule has 3 nitrogen and oxygen atoms in total. The average Bonchev–Trinajstić information content (AvgIpc) is 2.31. The molecule has 0 bridgehead atoms. The van der Waals surface area contributed by atoms with Gasteiger partial charge in [-0.3, -0.25) is 4.79 Å². The molecular formula is C10H8ClF4NO2.